The van der Waals surface area contributed by atoms with Gasteiger partial charge in [-0.15, -0.1) is 0 Å². The monoisotopic (exact) mass is 153 g/mol. The van der Waals surface area contributed by atoms with Gasteiger partial charge < -0.3 is 11.3 Å². The van der Waals surface area contributed by atoms with Gasteiger partial charge in [0, 0.05) is 0 Å². The van der Waals surface area contributed by atoms with Gasteiger partial charge in [0.15, 0.2) is 0 Å². The van der Waals surface area contributed by atoms with Crippen molar-refractivity contribution in [3.05, 3.63) is 35.4 Å². The number of rotatable bonds is 1. The van der Waals surface area contributed by atoms with E-state index in [9.17, 15) is 4.79 Å². The molecule has 1 aromatic rings. The van der Waals surface area contributed by atoms with Crippen LogP contribution in [0, 0.1) is 6.92 Å². The van der Waals surface area contributed by atoms with Gasteiger partial charge in [-0.05, 0) is 19.1 Å². The summed E-state index contributed by atoms with van der Waals surface area (Å²) in [7, 11) is 0. The van der Waals surface area contributed by atoms with Gasteiger partial charge in [0.05, 0.1) is 5.56 Å². The molecule has 0 aliphatic carbocycles. The first-order valence-corrected chi connectivity index (χ1v) is 3.00. The van der Waals surface area contributed by atoms with Crippen LogP contribution in [0.2, 0.25) is 0 Å². The Morgan fingerprint density at radius 1 is 1.27 bits per heavy atom. The topological polar surface area (TPSA) is 72.3 Å². The van der Waals surface area contributed by atoms with Crippen molar-refractivity contribution in [3.63, 3.8) is 0 Å². The fourth-order valence-electron chi connectivity index (χ4n) is 0.696. The van der Waals surface area contributed by atoms with E-state index in [1.165, 1.54) is 0 Å². The van der Waals surface area contributed by atoms with Gasteiger partial charge in [-0.2, -0.15) is 0 Å². The smallest absolute Gasteiger partial charge is 0.335 e. The van der Waals surface area contributed by atoms with Gasteiger partial charge in [0.1, 0.15) is 0 Å². The Bertz CT molecular complexity index is 241. The lowest BCUT2D eigenvalue weighted by molar-refractivity contribution is 0.0697. The summed E-state index contributed by atoms with van der Waals surface area (Å²) < 4.78 is 0. The van der Waals surface area contributed by atoms with Gasteiger partial charge in [-0.3, -0.25) is 0 Å². The summed E-state index contributed by atoms with van der Waals surface area (Å²) >= 11 is 0. The highest BCUT2D eigenvalue weighted by atomic mass is 16.4. The van der Waals surface area contributed by atoms with Gasteiger partial charge in [-0.25, -0.2) is 4.79 Å². The second kappa shape index (κ2) is 3.73. The van der Waals surface area contributed by atoms with E-state index in [-0.39, 0.29) is 6.15 Å². The second-order valence-corrected chi connectivity index (χ2v) is 2.17. The molecule has 60 valence electrons. The maximum Gasteiger partial charge on any atom is 0.335 e. The summed E-state index contributed by atoms with van der Waals surface area (Å²) in [5.74, 6) is -0.875. The standard InChI is InChI=1S/C8H8O2.H3N/c1-6-2-4-7(5-3-6)8(9)10;/h2-5H,1H3,(H,9,10);1H3. The molecule has 0 aromatic heterocycles. The first-order chi connectivity index (χ1) is 4.70. The molecular formula is C8H11NO2. The molecular weight excluding hydrogens is 142 g/mol. The highest BCUT2D eigenvalue weighted by Gasteiger charge is 1.98. The predicted molar refractivity (Wildman–Crippen MR) is 43.2 cm³/mol. The van der Waals surface area contributed by atoms with E-state index in [0.717, 1.165) is 5.56 Å². The van der Waals surface area contributed by atoms with Crippen LogP contribution in [0.5, 0.6) is 0 Å². The molecule has 1 aromatic carbocycles. The molecule has 0 aliphatic rings. The van der Waals surface area contributed by atoms with Gasteiger partial charge in [-0.1, -0.05) is 17.7 Å². The molecule has 4 N–H and O–H groups in total. The number of carboxylic acid groups (broad SMARTS) is 1. The molecule has 11 heavy (non-hydrogen) atoms. The Balaban J connectivity index is 0.000001000. The van der Waals surface area contributed by atoms with Crippen LogP contribution in [-0.2, 0) is 0 Å². The summed E-state index contributed by atoms with van der Waals surface area (Å²) in [5.41, 5.74) is 1.41. The average molecular weight is 153 g/mol. The van der Waals surface area contributed by atoms with E-state index >= 15 is 0 Å². The Hall–Kier alpha value is -1.35. The van der Waals surface area contributed by atoms with E-state index in [2.05, 4.69) is 0 Å². The summed E-state index contributed by atoms with van der Waals surface area (Å²) in [4.78, 5) is 10.3. The molecule has 0 saturated carbocycles. The Labute approximate surface area is 65.3 Å². The fourth-order valence-corrected chi connectivity index (χ4v) is 0.696. The third kappa shape index (κ3) is 2.39. The lowest BCUT2D eigenvalue weighted by atomic mass is 10.2. The number of hydrogen-bond donors (Lipinski definition) is 2. The largest absolute Gasteiger partial charge is 0.478 e. The Morgan fingerprint density at radius 2 is 1.73 bits per heavy atom. The highest BCUT2D eigenvalue weighted by Crippen LogP contribution is 2.01. The summed E-state index contributed by atoms with van der Waals surface area (Å²) in [5, 5.41) is 8.48. The normalized spacial score (nSPS) is 8.45. The molecule has 3 heteroatoms. The molecule has 3 nitrogen and oxygen atoms in total. The van der Waals surface area contributed by atoms with Crippen LogP contribution >= 0.6 is 0 Å². The zero-order valence-corrected chi connectivity index (χ0v) is 6.37. The average Bonchev–Trinajstić information content (AvgIpc) is 1.88. The fraction of sp³-hybridized carbons (Fsp3) is 0.125. The molecule has 0 spiro atoms. The van der Waals surface area contributed by atoms with Crippen molar-refractivity contribution in [1.29, 1.82) is 0 Å². The predicted octanol–water partition coefficient (Wildman–Crippen LogP) is 1.86. The minimum absolute atomic E-state index is 0. The van der Waals surface area contributed by atoms with Crippen LogP contribution < -0.4 is 6.15 Å². The molecule has 0 fully saturated rings. The minimum atomic E-state index is -0.875. The molecule has 0 heterocycles. The van der Waals surface area contributed by atoms with Crippen molar-refractivity contribution >= 4 is 5.97 Å². The quantitative estimate of drug-likeness (QED) is 0.646. The van der Waals surface area contributed by atoms with Crippen molar-refractivity contribution in [2.45, 2.75) is 6.92 Å². The van der Waals surface area contributed by atoms with Crippen molar-refractivity contribution in [1.82, 2.24) is 6.15 Å². The molecule has 1 rings (SSSR count). The van der Waals surface area contributed by atoms with Crippen LogP contribution in [-0.4, -0.2) is 11.1 Å². The molecule has 0 amide bonds. The lowest BCUT2D eigenvalue weighted by Gasteiger charge is -1.92. The lowest BCUT2D eigenvalue weighted by Crippen LogP contribution is -1.94. The van der Waals surface area contributed by atoms with E-state index in [0.29, 0.717) is 5.56 Å². The molecule has 0 radical (unpaired) electrons. The zero-order chi connectivity index (χ0) is 7.56. The van der Waals surface area contributed by atoms with Crippen LogP contribution in [0.4, 0.5) is 0 Å². The number of carboxylic acids is 1. The first-order valence-electron chi connectivity index (χ1n) is 3.00. The summed E-state index contributed by atoms with van der Waals surface area (Å²) in [6.07, 6.45) is 0. The molecule has 0 atom stereocenters. The first kappa shape index (κ1) is 9.65. The van der Waals surface area contributed by atoms with Crippen LogP contribution in [0.1, 0.15) is 15.9 Å². The number of aromatic carboxylic acids is 1. The van der Waals surface area contributed by atoms with Gasteiger partial charge in [0.25, 0.3) is 0 Å². The van der Waals surface area contributed by atoms with E-state index in [1.54, 1.807) is 24.3 Å². The number of aryl methyl sites for hydroxylation is 1. The van der Waals surface area contributed by atoms with Gasteiger partial charge in [0.2, 0.25) is 0 Å². The third-order valence-electron chi connectivity index (χ3n) is 1.30. The van der Waals surface area contributed by atoms with E-state index in [4.69, 9.17) is 5.11 Å². The summed E-state index contributed by atoms with van der Waals surface area (Å²) in [6.45, 7) is 1.92. The molecule has 0 saturated heterocycles. The Kier molecular flexibility index (Phi) is 3.27. The van der Waals surface area contributed by atoms with E-state index < -0.39 is 5.97 Å². The number of carbonyl (C=O) groups is 1. The van der Waals surface area contributed by atoms with Gasteiger partial charge >= 0.3 is 5.97 Å². The Morgan fingerprint density at radius 3 is 2.09 bits per heavy atom. The van der Waals surface area contributed by atoms with Crippen molar-refractivity contribution in [2.75, 3.05) is 0 Å². The van der Waals surface area contributed by atoms with Crippen LogP contribution in [0.25, 0.3) is 0 Å². The van der Waals surface area contributed by atoms with Crippen molar-refractivity contribution in [3.8, 4) is 0 Å². The maximum atomic E-state index is 10.3. The van der Waals surface area contributed by atoms with E-state index in [1.807, 2.05) is 6.92 Å². The minimum Gasteiger partial charge on any atom is -0.478 e. The summed E-state index contributed by atoms with van der Waals surface area (Å²) in [6, 6.07) is 6.75. The van der Waals surface area contributed by atoms with Crippen molar-refractivity contribution in [2.24, 2.45) is 0 Å². The van der Waals surface area contributed by atoms with Crippen LogP contribution in [0.3, 0.4) is 0 Å². The maximum absolute atomic E-state index is 10.3. The molecule has 0 bridgehead atoms. The highest BCUT2D eigenvalue weighted by molar-refractivity contribution is 5.87. The zero-order valence-electron chi connectivity index (χ0n) is 6.37. The number of hydrogen-bond acceptors (Lipinski definition) is 2. The SMILES string of the molecule is Cc1ccc(C(=O)O)cc1.N. The van der Waals surface area contributed by atoms with Crippen molar-refractivity contribution < 1.29 is 9.90 Å². The molecule has 0 unspecified atom stereocenters. The number of benzene rings is 1. The molecule has 0 aliphatic heterocycles. The van der Waals surface area contributed by atoms with Crippen LogP contribution in [0.15, 0.2) is 24.3 Å². The third-order valence-corrected chi connectivity index (χ3v) is 1.30. The second-order valence-electron chi connectivity index (χ2n) is 2.17.